The number of rotatable bonds is 4. The van der Waals surface area contributed by atoms with Gasteiger partial charge in [-0.05, 0) is 56.9 Å². The quantitative estimate of drug-likeness (QED) is 0.617. The first-order valence-corrected chi connectivity index (χ1v) is 11.9. The summed E-state index contributed by atoms with van der Waals surface area (Å²) in [6.45, 7) is 4.94. The van der Waals surface area contributed by atoms with Crippen LogP contribution in [0.5, 0.6) is 0 Å². The van der Waals surface area contributed by atoms with E-state index in [0.29, 0.717) is 30.3 Å². The fourth-order valence-electron chi connectivity index (χ4n) is 5.09. The maximum Gasteiger partial charge on any atom is 0.230 e. The molecule has 182 valence electrons. The molecule has 35 heavy (non-hydrogen) atoms. The molecule has 1 amide bonds. The molecule has 9 heteroatoms. The van der Waals surface area contributed by atoms with Crippen LogP contribution in [-0.2, 0) is 11.2 Å². The summed E-state index contributed by atoms with van der Waals surface area (Å²) in [6.07, 6.45) is 7.25. The average Bonchev–Trinajstić information content (AvgIpc) is 3.26. The lowest BCUT2D eigenvalue weighted by atomic mass is 9.86. The van der Waals surface area contributed by atoms with E-state index in [9.17, 15) is 9.18 Å². The number of fused-ring (bicyclic) bond motifs is 1. The maximum absolute atomic E-state index is 14.6. The van der Waals surface area contributed by atoms with E-state index in [1.54, 1.807) is 36.4 Å². The van der Waals surface area contributed by atoms with Gasteiger partial charge in [-0.25, -0.2) is 24.3 Å². The highest BCUT2D eigenvalue weighted by Crippen LogP contribution is 2.38. The van der Waals surface area contributed by atoms with Crippen molar-refractivity contribution in [3.63, 3.8) is 0 Å². The van der Waals surface area contributed by atoms with Gasteiger partial charge in [-0.2, -0.15) is 0 Å². The van der Waals surface area contributed by atoms with E-state index in [0.717, 1.165) is 41.9 Å². The van der Waals surface area contributed by atoms with Gasteiger partial charge in [0.05, 0.1) is 23.3 Å². The van der Waals surface area contributed by atoms with Gasteiger partial charge in [0.1, 0.15) is 17.5 Å². The van der Waals surface area contributed by atoms with Crippen LogP contribution in [0, 0.1) is 12.7 Å². The summed E-state index contributed by atoms with van der Waals surface area (Å²) >= 11 is 0. The van der Waals surface area contributed by atoms with Gasteiger partial charge in [0, 0.05) is 50.7 Å². The Kier molecular flexibility index (Phi) is 5.86. The van der Waals surface area contributed by atoms with E-state index in [2.05, 4.69) is 26.3 Å². The van der Waals surface area contributed by atoms with Gasteiger partial charge in [0.25, 0.3) is 0 Å². The predicted octanol–water partition coefficient (Wildman–Crippen LogP) is 3.58. The van der Waals surface area contributed by atoms with E-state index in [1.807, 2.05) is 25.9 Å². The van der Waals surface area contributed by atoms with Crippen LogP contribution in [0.3, 0.4) is 0 Å². The first-order chi connectivity index (χ1) is 16.8. The molecule has 5 rings (SSSR count). The fourth-order valence-corrected chi connectivity index (χ4v) is 5.09. The van der Waals surface area contributed by atoms with E-state index < -0.39 is 11.7 Å². The van der Waals surface area contributed by atoms with Crippen molar-refractivity contribution in [3.8, 4) is 11.4 Å². The van der Waals surface area contributed by atoms with E-state index in [-0.39, 0.29) is 11.4 Å². The lowest BCUT2D eigenvalue weighted by molar-refractivity contribution is -0.131. The first kappa shape index (κ1) is 23.1. The molecule has 3 aromatic heterocycles. The molecule has 2 aliphatic rings. The zero-order valence-corrected chi connectivity index (χ0v) is 20.5. The number of hydrogen-bond donors (Lipinski definition) is 1. The van der Waals surface area contributed by atoms with Crippen molar-refractivity contribution in [1.29, 1.82) is 0 Å². The van der Waals surface area contributed by atoms with Gasteiger partial charge < -0.3 is 15.1 Å². The van der Waals surface area contributed by atoms with Crippen molar-refractivity contribution in [2.75, 3.05) is 37.4 Å². The Balaban J connectivity index is 1.33. The number of aryl methyl sites for hydroxylation is 2. The lowest BCUT2D eigenvalue weighted by Crippen LogP contribution is -2.46. The Labute approximate surface area is 204 Å². The normalized spacial score (nSPS) is 19.9. The summed E-state index contributed by atoms with van der Waals surface area (Å²) in [5.41, 5.74) is 3.10. The van der Waals surface area contributed by atoms with Crippen molar-refractivity contribution in [2.45, 2.75) is 44.6 Å². The van der Waals surface area contributed by atoms with Gasteiger partial charge in [-0.15, -0.1) is 0 Å². The smallest absolute Gasteiger partial charge is 0.230 e. The molecule has 1 unspecified atom stereocenters. The van der Waals surface area contributed by atoms with Gasteiger partial charge in [0.15, 0.2) is 5.82 Å². The molecular formula is C26H30FN7O. The highest BCUT2D eigenvalue weighted by molar-refractivity contribution is 5.84. The molecule has 1 fully saturated rings. The largest absolute Gasteiger partial charge is 0.363 e. The number of amides is 1. The third-order valence-electron chi connectivity index (χ3n) is 7.19. The molecule has 1 N–H and O–H groups in total. The first-order valence-electron chi connectivity index (χ1n) is 11.9. The topological polar surface area (TPSA) is 87.1 Å². The van der Waals surface area contributed by atoms with Crippen LogP contribution in [0.1, 0.15) is 42.5 Å². The van der Waals surface area contributed by atoms with Crippen LogP contribution in [0.2, 0.25) is 0 Å². The number of nitrogens with one attached hydrogen (secondary N) is 1. The molecular weight excluding hydrogens is 445 g/mol. The van der Waals surface area contributed by atoms with Crippen LogP contribution in [0.25, 0.3) is 11.4 Å². The molecule has 2 aliphatic heterocycles. The summed E-state index contributed by atoms with van der Waals surface area (Å²) in [6, 6.07) is 5.59. The molecule has 5 heterocycles. The second kappa shape index (κ2) is 8.87. The molecule has 0 aliphatic carbocycles. The molecule has 2 atom stereocenters. The minimum Gasteiger partial charge on any atom is -0.363 e. The van der Waals surface area contributed by atoms with Gasteiger partial charge in [-0.3, -0.25) is 4.79 Å². The zero-order valence-electron chi connectivity index (χ0n) is 20.5. The van der Waals surface area contributed by atoms with E-state index in [1.165, 1.54) is 6.20 Å². The highest BCUT2D eigenvalue weighted by Gasteiger charge is 2.43. The minimum atomic E-state index is -0.587. The molecule has 3 aromatic rings. The zero-order chi connectivity index (χ0) is 24.7. The Morgan fingerprint density at radius 3 is 2.71 bits per heavy atom. The number of anilines is 2. The molecule has 0 bridgehead atoms. The van der Waals surface area contributed by atoms with Crippen LogP contribution in [-0.4, -0.2) is 63.5 Å². The molecule has 0 saturated carbocycles. The third-order valence-corrected chi connectivity index (χ3v) is 7.19. The monoisotopic (exact) mass is 475 g/mol. The van der Waals surface area contributed by atoms with Crippen molar-refractivity contribution < 1.29 is 9.18 Å². The van der Waals surface area contributed by atoms with Crippen molar-refractivity contribution in [2.24, 2.45) is 0 Å². The van der Waals surface area contributed by atoms with Gasteiger partial charge in [0.2, 0.25) is 5.91 Å². The molecule has 0 aromatic carbocycles. The van der Waals surface area contributed by atoms with Crippen molar-refractivity contribution >= 4 is 17.5 Å². The molecule has 0 radical (unpaired) electrons. The second-order valence-corrected chi connectivity index (χ2v) is 9.80. The SMILES string of the molecule is Cc1nc2c(cc1-c1ncccn1)CC[C@@]1(CCN(C(=O)C(C)c3cc(N(C)C)ncc3F)C1)N2. The Bertz CT molecular complexity index is 1270. The van der Waals surface area contributed by atoms with Crippen LogP contribution in [0.4, 0.5) is 16.0 Å². The summed E-state index contributed by atoms with van der Waals surface area (Å²) in [4.78, 5) is 34.7. The maximum atomic E-state index is 14.6. The van der Waals surface area contributed by atoms with Gasteiger partial charge in [-0.1, -0.05) is 0 Å². The predicted molar refractivity (Wildman–Crippen MR) is 133 cm³/mol. The van der Waals surface area contributed by atoms with Gasteiger partial charge >= 0.3 is 0 Å². The number of pyridine rings is 2. The second-order valence-electron chi connectivity index (χ2n) is 9.80. The van der Waals surface area contributed by atoms with Crippen LogP contribution in [0.15, 0.2) is 36.8 Å². The van der Waals surface area contributed by atoms with Crippen molar-refractivity contribution in [1.82, 2.24) is 24.8 Å². The minimum absolute atomic E-state index is 0.0648. The number of likely N-dealkylation sites (tertiary alicyclic amines) is 1. The number of hydrogen-bond acceptors (Lipinski definition) is 7. The molecule has 8 nitrogen and oxygen atoms in total. The highest BCUT2D eigenvalue weighted by atomic mass is 19.1. The van der Waals surface area contributed by atoms with Crippen LogP contribution >= 0.6 is 0 Å². The summed E-state index contributed by atoms with van der Waals surface area (Å²) < 4.78 is 14.6. The summed E-state index contributed by atoms with van der Waals surface area (Å²) in [7, 11) is 3.69. The van der Waals surface area contributed by atoms with Crippen molar-refractivity contribution in [3.05, 3.63) is 59.4 Å². The lowest BCUT2D eigenvalue weighted by Gasteiger charge is -2.36. The molecule has 1 saturated heterocycles. The number of nitrogens with zero attached hydrogens (tertiary/aromatic N) is 6. The Hall–Kier alpha value is -3.62. The fraction of sp³-hybridized carbons (Fsp3) is 0.423. The number of carbonyl (C=O) groups excluding carboxylic acids is 1. The Morgan fingerprint density at radius 1 is 1.20 bits per heavy atom. The Morgan fingerprint density at radius 2 is 1.97 bits per heavy atom. The van der Waals surface area contributed by atoms with E-state index >= 15 is 0 Å². The summed E-state index contributed by atoms with van der Waals surface area (Å²) in [5, 5.41) is 3.65. The summed E-state index contributed by atoms with van der Waals surface area (Å²) in [5.74, 6) is 1.07. The van der Waals surface area contributed by atoms with E-state index in [4.69, 9.17) is 4.98 Å². The number of aromatic nitrogens is 4. The molecule has 1 spiro atoms. The standard InChI is InChI=1S/C26H30FN7O/c1-16(19-13-22(33(3)4)30-14-21(19)27)25(35)34-11-8-26(15-34)7-6-18-12-20(17(2)31-23(18)32-26)24-28-9-5-10-29-24/h5,9-10,12-14,16H,6-8,11,15H2,1-4H3,(H,31,32)/t16?,26-/m0/s1. The average molecular weight is 476 g/mol. The van der Waals surface area contributed by atoms with Crippen LogP contribution < -0.4 is 10.2 Å². The third kappa shape index (κ3) is 4.31. The number of halogens is 1. The number of carbonyl (C=O) groups is 1.